The van der Waals surface area contributed by atoms with Crippen LogP contribution in [0.1, 0.15) is 32.1 Å². The van der Waals surface area contributed by atoms with Crippen LogP contribution >= 0.6 is 15.9 Å². The van der Waals surface area contributed by atoms with Gasteiger partial charge in [-0.3, -0.25) is 4.79 Å². The van der Waals surface area contributed by atoms with Gasteiger partial charge in [0.2, 0.25) is 5.91 Å². The summed E-state index contributed by atoms with van der Waals surface area (Å²) in [5, 5.41) is 2.68. The molecule has 1 aromatic rings. The van der Waals surface area contributed by atoms with Gasteiger partial charge >= 0.3 is 0 Å². The largest absolute Gasteiger partial charge is 0.326 e. The zero-order valence-electron chi connectivity index (χ0n) is 10.0. The molecule has 3 nitrogen and oxygen atoms in total. The average Bonchev–Trinajstić information content (AvgIpc) is 2.70. The van der Waals surface area contributed by atoms with E-state index in [9.17, 15) is 9.18 Å². The Labute approximate surface area is 114 Å². The van der Waals surface area contributed by atoms with E-state index in [0.29, 0.717) is 16.6 Å². The second-order valence-corrected chi connectivity index (χ2v) is 5.78. The molecule has 0 bridgehead atoms. The minimum atomic E-state index is -0.392. The molecule has 1 aliphatic carbocycles. The molecule has 0 heterocycles. The number of carbonyl (C=O) groups excluding carboxylic acids is 1. The van der Waals surface area contributed by atoms with Gasteiger partial charge in [-0.25, -0.2) is 4.39 Å². The highest BCUT2D eigenvalue weighted by molar-refractivity contribution is 9.10. The van der Waals surface area contributed by atoms with Crippen LogP contribution in [-0.2, 0) is 4.79 Å². The van der Waals surface area contributed by atoms with E-state index < -0.39 is 5.82 Å². The highest BCUT2D eigenvalue weighted by atomic mass is 79.9. The van der Waals surface area contributed by atoms with Crippen molar-refractivity contribution in [2.75, 3.05) is 5.32 Å². The fourth-order valence-corrected chi connectivity index (χ4v) is 2.60. The summed E-state index contributed by atoms with van der Waals surface area (Å²) >= 11 is 3.07. The molecule has 5 heteroatoms. The van der Waals surface area contributed by atoms with Crippen molar-refractivity contribution in [1.29, 1.82) is 0 Å². The van der Waals surface area contributed by atoms with E-state index in [0.717, 1.165) is 25.7 Å². The Morgan fingerprint density at radius 2 is 2.11 bits per heavy atom. The monoisotopic (exact) mass is 314 g/mol. The van der Waals surface area contributed by atoms with Crippen LogP contribution in [0.2, 0.25) is 0 Å². The third kappa shape index (κ3) is 3.29. The van der Waals surface area contributed by atoms with Crippen molar-refractivity contribution in [3.8, 4) is 0 Å². The Morgan fingerprint density at radius 1 is 1.44 bits per heavy atom. The maximum atomic E-state index is 13.3. The quantitative estimate of drug-likeness (QED) is 0.900. The topological polar surface area (TPSA) is 55.1 Å². The van der Waals surface area contributed by atoms with Gasteiger partial charge in [0.1, 0.15) is 5.82 Å². The molecule has 1 aromatic carbocycles. The second-order valence-electron chi connectivity index (χ2n) is 4.92. The third-order valence-electron chi connectivity index (χ3n) is 3.32. The number of amides is 1. The van der Waals surface area contributed by atoms with E-state index >= 15 is 0 Å². The Kier molecular flexibility index (Phi) is 4.02. The number of nitrogens with one attached hydrogen (secondary N) is 1. The smallest absolute Gasteiger partial charge is 0.226 e. The number of hydrogen-bond acceptors (Lipinski definition) is 2. The number of nitrogens with two attached hydrogens (primary N) is 1. The molecule has 98 valence electrons. The Bertz CT molecular complexity index is 458. The molecule has 1 fully saturated rings. The van der Waals surface area contributed by atoms with Gasteiger partial charge < -0.3 is 11.1 Å². The Hall–Kier alpha value is -0.940. The van der Waals surface area contributed by atoms with Crippen LogP contribution in [0.25, 0.3) is 0 Å². The highest BCUT2D eigenvalue weighted by Gasteiger charge is 2.31. The molecule has 0 atom stereocenters. The van der Waals surface area contributed by atoms with Gasteiger partial charge in [0, 0.05) is 17.6 Å². The number of benzene rings is 1. The first-order valence-corrected chi connectivity index (χ1v) is 6.82. The van der Waals surface area contributed by atoms with Crippen LogP contribution in [0.4, 0.5) is 10.1 Å². The fourth-order valence-electron chi connectivity index (χ4n) is 2.35. The zero-order valence-corrected chi connectivity index (χ0v) is 11.6. The van der Waals surface area contributed by atoms with Crippen LogP contribution in [0.3, 0.4) is 0 Å². The van der Waals surface area contributed by atoms with Crippen LogP contribution in [0.5, 0.6) is 0 Å². The number of anilines is 1. The molecule has 0 radical (unpaired) electrons. The average molecular weight is 315 g/mol. The first-order chi connectivity index (χ1) is 8.48. The van der Waals surface area contributed by atoms with Crippen LogP contribution in [0.15, 0.2) is 22.7 Å². The predicted octanol–water partition coefficient (Wildman–Crippen LogP) is 3.19. The summed E-state index contributed by atoms with van der Waals surface area (Å²) in [5.41, 5.74) is 6.21. The first-order valence-electron chi connectivity index (χ1n) is 6.02. The minimum absolute atomic E-state index is 0.152. The third-order valence-corrected chi connectivity index (χ3v) is 3.96. The lowest BCUT2D eigenvalue weighted by Crippen LogP contribution is -2.40. The lowest BCUT2D eigenvalue weighted by molar-refractivity contribution is -0.117. The van der Waals surface area contributed by atoms with Crippen molar-refractivity contribution in [2.45, 2.75) is 37.6 Å². The van der Waals surface area contributed by atoms with E-state index in [4.69, 9.17) is 5.73 Å². The number of carbonyl (C=O) groups is 1. The summed E-state index contributed by atoms with van der Waals surface area (Å²) in [4.78, 5) is 11.8. The highest BCUT2D eigenvalue weighted by Crippen LogP contribution is 2.30. The summed E-state index contributed by atoms with van der Waals surface area (Å²) in [6.07, 6.45) is 4.22. The predicted molar refractivity (Wildman–Crippen MR) is 72.7 cm³/mol. The normalized spacial score (nSPS) is 17.7. The lowest BCUT2D eigenvalue weighted by Gasteiger charge is -2.22. The molecule has 0 unspecified atom stereocenters. The van der Waals surface area contributed by atoms with Crippen molar-refractivity contribution in [1.82, 2.24) is 0 Å². The van der Waals surface area contributed by atoms with Crippen molar-refractivity contribution in [3.63, 3.8) is 0 Å². The molecular formula is C13H16BrFN2O. The van der Waals surface area contributed by atoms with Crippen LogP contribution in [-0.4, -0.2) is 11.4 Å². The standard InChI is InChI=1S/C13H16BrFN2O/c14-10-4-3-9(7-11(10)15)17-12(18)8-13(16)5-1-2-6-13/h3-4,7H,1-2,5-6,8,16H2,(H,17,18). The molecular weight excluding hydrogens is 299 g/mol. The van der Waals surface area contributed by atoms with Gasteiger partial charge in [-0.05, 0) is 47.0 Å². The maximum Gasteiger partial charge on any atom is 0.226 e. The van der Waals surface area contributed by atoms with Crippen molar-refractivity contribution < 1.29 is 9.18 Å². The zero-order chi connectivity index (χ0) is 13.2. The molecule has 0 saturated heterocycles. The van der Waals surface area contributed by atoms with E-state index in [2.05, 4.69) is 21.2 Å². The maximum absolute atomic E-state index is 13.3. The molecule has 0 aromatic heterocycles. The van der Waals surface area contributed by atoms with Crippen LogP contribution < -0.4 is 11.1 Å². The van der Waals surface area contributed by atoms with Gasteiger partial charge in [-0.15, -0.1) is 0 Å². The Morgan fingerprint density at radius 3 is 2.72 bits per heavy atom. The SMILES string of the molecule is NC1(CC(=O)Nc2ccc(Br)c(F)c2)CCCC1. The van der Waals surface area contributed by atoms with Gasteiger partial charge in [0.25, 0.3) is 0 Å². The molecule has 2 rings (SSSR count). The molecule has 18 heavy (non-hydrogen) atoms. The van der Waals surface area contributed by atoms with Crippen LogP contribution in [0, 0.1) is 5.82 Å². The van der Waals surface area contributed by atoms with Gasteiger partial charge in [-0.2, -0.15) is 0 Å². The summed E-state index contributed by atoms with van der Waals surface area (Å²) in [5.74, 6) is -0.544. The summed E-state index contributed by atoms with van der Waals surface area (Å²) < 4.78 is 13.7. The summed E-state index contributed by atoms with van der Waals surface area (Å²) in [7, 11) is 0. The van der Waals surface area contributed by atoms with Crippen molar-refractivity contribution >= 4 is 27.5 Å². The molecule has 1 amide bonds. The molecule has 1 aliphatic rings. The second kappa shape index (κ2) is 5.36. The summed E-state index contributed by atoms with van der Waals surface area (Å²) in [6, 6.07) is 4.52. The van der Waals surface area contributed by atoms with Gasteiger partial charge in [0.15, 0.2) is 0 Å². The molecule has 0 aliphatic heterocycles. The Balaban J connectivity index is 1.96. The minimum Gasteiger partial charge on any atom is -0.326 e. The number of rotatable bonds is 3. The van der Waals surface area contributed by atoms with Crippen molar-refractivity contribution in [2.24, 2.45) is 5.73 Å². The number of hydrogen-bond donors (Lipinski definition) is 2. The van der Waals surface area contributed by atoms with E-state index in [1.165, 1.54) is 6.07 Å². The van der Waals surface area contributed by atoms with Gasteiger partial charge in [-0.1, -0.05) is 12.8 Å². The first kappa shape index (κ1) is 13.5. The number of halogens is 2. The fraction of sp³-hybridized carbons (Fsp3) is 0.462. The van der Waals surface area contributed by atoms with E-state index in [-0.39, 0.29) is 11.4 Å². The van der Waals surface area contributed by atoms with E-state index in [1.807, 2.05) is 0 Å². The molecule has 3 N–H and O–H groups in total. The molecule has 1 saturated carbocycles. The van der Waals surface area contributed by atoms with Crippen molar-refractivity contribution in [3.05, 3.63) is 28.5 Å². The lowest BCUT2D eigenvalue weighted by atomic mass is 9.94. The molecule has 0 spiro atoms. The van der Waals surface area contributed by atoms with Gasteiger partial charge in [0.05, 0.1) is 4.47 Å². The van der Waals surface area contributed by atoms with E-state index in [1.54, 1.807) is 12.1 Å². The summed E-state index contributed by atoms with van der Waals surface area (Å²) in [6.45, 7) is 0.